The summed E-state index contributed by atoms with van der Waals surface area (Å²) < 4.78 is 1.83. The number of nitrogens with zero attached hydrogens (tertiary/aromatic N) is 5. The van der Waals surface area contributed by atoms with E-state index in [-0.39, 0.29) is 11.9 Å². The molecular formula is C18H25N5O. The quantitative estimate of drug-likeness (QED) is 0.845. The largest absolute Gasteiger partial charge is 0.363 e. The van der Waals surface area contributed by atoms with E-state index in [0.717, 1.165) is 37.3 Å². The lowest BCUT2D eigenvalue weighted by molar-refractivity contribution is -0.132. The van der Waals surface area contributed by atoms with Gasteiger partial charge in [0.05, 0.1) is 6.04 Å². The fraction of sp³-hybridized carbons (Fsp3) is 0.500. The van der Waals surface area contributed by atoms with Gasteiger partial charge in [-0.2, -0.15) is 5.10 Å². The number of amides is 1. The first-order valence-corrected chi connectivity index (χ1v) is 8.46. The van der Waals surface area contributed by atoms with Gasteiger partial charge in [0.2, 0.25) is 5.91 Å². The molecular weight excluding hydrogens is 302 g/mol. The Balaban J connectivity index is 1.69. The molecule has 0 spiro atoms. The van der Waals surface area contributed by atoms with Crippen LogP contribution in [0.4, 0.5) is 5.82 Å². The average Bonchev–Trinajstić information content (AvgIpc) is 3.21. The smallest absolute Gasteiger partial charge is 0.223 e. The summed E-state index contributed by atoms with van der Waals surface area (Å²) in [5.74, 6) is 1.16. The van der Waals surface area contributed by atoms with Crippen molar-refractivity contribution in [2.24, 2.45) is 7.05 Å². The molecule has 1 aliphatic heterocycles. The fourth-order valence-corrected chi connectivity index (χ4v) is 3.32. The number of pyridine rings is 1. The maximum Gasteiger partial charge on any atom is 0.223 e. The first-order valence-electron chi connectivity index (χ1n) is 8.46. The van der Waals surface area contributed by atoms with Crippen LogP contribution >= 0.6 is 0 Å². The van der Waals surface area contributed by atoms with Crippen molar-refractivity contribution in [1.29, 1.82) is 0 Å². The van der Waals surface area contributed by atoms with Crippen LogP contribution in [0.15, 0.2) is 30.6 Å². The Kier molecular flexibility index (Phi) is 4.83. The van der Waals surface area contributed by atoms with Crippen molar-refractivity contribution >= 4 is 11.7 Å². The zero-order valence-electron chi connectivity index (χ0n) is 14.6. The van der Waals surface area contributed by atoms with Crippen LogP contribution in [0.1, 0.15) is 36.6 Å². The molecule has 0 N–H and O–H groups in total. The molecule has 128 valence electrons. The SMILES string of the molecule is CN(C)c1cc(C2CCCN2C(=O)CCc2ccnn2C)ccn1. The highest BCUT2D eigenvalue weighted by atomic mass is 16.2. The minimum Gasteiger partial charge on any atom is -0.363 e. The summed E-state index contributed by atoms with van der Waals surface area (Å²) in [5, 5.41) is 4.16. The molecule has 1 saturated heterocycles. The normalized spacial score (nSPS) is 17.3. The first kappa shape index (κ1) is 16.5. The van der Waals surface area contributed by atoms with Gasteiger partial charge in [0, 0.05) is 52.2 Å². The van der Waals surface area contributed by atoms with E-state index in [1.807, 2.05) is 54.0 Å². The Labute approximate surface area is 143 Å². The maximum absolute atomic E-state index is 12.7. The highest BCUT2D eigenvalue weighted by molar-refractivity contribution is 5.77. The van der Waals surface area contributed by atoms with E-state index in [9.17, 15) is 4.79 Å². The number of carbonyl (C=O) groups is 1. The third kappa shape index (κ3) is 3.42. The summed E-state index contributed by atoms with van der Waals surface area (Å²) in [4.78, 5) is 21.1. The van der Waals surface area contributed by atoms with Gasteiger partial charge in [-0.25, -0.2) is 4.98 Å². The standard InChI is InChI=1S/C18H25N5O/c1-21(2)17-13-14(8-10-19-17)16-5-4-12-23(16)18(24)7-6-15-9-11-20-22(15)3/h8-11,13,16H,4-7,12H2,1-3H3. The predicted octanol–water partition coefficient (Wildman–Crippen LogP) is 2.18. The van der Waals surface area contributed by atoms with Crippen molar-refractivity contribution in [3.63, 3.8) is 0 Å². The van der Waals surface area contributed by atoms with E-state index in [2.05, 4.69) is 16.1 Å². The summed E-state index contributed by atoms with van der Waals surface area (Å²) in [6.45, 7) is 0.842. The van der Waals surface area contributed by atoms with Crippen molar-refractivity contribution in [2.45, 2.75) is 31.7 Å². The molecule has 1 fully saturated rings. The van der Waals surface area contributed by atoms with E-state index in [1.54, 1.807) is 6.20 Å². The Morgan fingerprint density at radius 3 is 2.88 bits per heavy atom. The zero-order valence-corrected chi connectivity index (χ0v) is 14.6. The summed E-state index contributed by atoms with van der Waals surface area (Å²) >= 11 is 0. The predicted molar refractivity (Wildman–Crippen MR) is 93.8 cm³/mol. The molecule has 1 atom stereocenters. The number of aromatic nitrogens is 3. The van der Waals surface area contributed by atoms with Crippen molar-refractivity contribution < 1.29 is 4.79 Å². The second kappa shape index (κ2) is 7.03. The molecule has 0 bridgehead atoms. The highest BCUT2D eigenvalue weighted by Gasteiger charge is 2.30. The van der Waals surface area contributed by atoms with Crippen LogP contribution in [0.3, 0.4) is 0 Å². The van der Waals surface area contributed by atoms with Crippen LogP contribution in [-0.2, 0) is 18.3 Å². The minimum atomic E-state index is 0.172. The zero-order chi connectivity index (χ0) is 17.1. The third-order valence-electron chi connectivity index (χ3n) is 4.70. The summed E-state index contributed by atoms with van der Waals surface area (Å²) in [6.07, 6.45) is 6.95. The van der Waals surface area contributed by atoms with Gasteiger partial charge in [0.25, 0.3) is 0 Å². The topological polar surface area (TPSA) is 54.3 Å². The van der Waals surface area contributed by atoms with E-state index in [0.29, 0.717) is 6.42 Å². The monoisotopic (exact) mass is 327 g/mol. The van der Waals surface area contributed by atoms with Crippen molar-refractivity contribution in [3.8, 4) is 0 Å². The van der Waals surface area contributed by atoms with Crippen LogP contribution in [0.5, 0.6) is 0 Å². The van der Waals surface area contributed by atoms with Gasteiger partial charge < -0.3 is 9.80 Å². The van der Waals surface area contributed by atoms with Crippen LogP contribution in [0.2, 0.25) is 0 Å². The van der Waals surface area contributed by atoms with Crippen LogP contribution in [0, 0.1) is 0 Å². The molecule has 0 saturated carbocycles. The number of hydrogen-bond acceptors (Lipinski definition) is 4. The van der Waals surface area contributed by atoms with Crippen LogP contribution in [0.25, 0.3) is 0 Å². The average molecular weight is 327 g/mol. The van der Waals surface area contributed by atoms with Gasteiger partial charge in [0.1, 0.15) is 5.82 Å². The first-order chi connectivity index (χ1) is 11.6. The van der Waals surface area contributed by atoms with Gasteiger partial charge in [-0.05, 0) is 43.0 Å². The molecule has 0 aliphatic carbocycles. The van der Waals surface area contributed by atoms with Crippen molar-refractivity contribution in [3.05, 3.63) is 41.9 Å². The van der Waals surface area contributed by atoms with E-state index < -0.39 is 0 Å². The highest BCUT2D eigenvalue weighted by Crippen LogP contribution is 2.33. The minimum absolute atomic E-state index is 0.172. The second-order valence-corrected chi connectivity index (χ2v) is 6.53. The molecule has 0 radical (unpaired) electrons. The lowest BCUT2D eigenvalue weighted by atomic mass is 10.1. The van der Waals surface area contributed by atoms with Gasteiger partial charge in [0.15, 0.2) is 0 Å². The molecule has 6 heteroatoms. The maximum atomic E-state index is 12.7. The van der Waals surface area contributed by atoms with E-state index in [1.165, 1.54) is 5.56 Å². The second-order valence-electron chi connectivity index (χ2n) is 6.53. The number of hydrogen-bond donors (Lipinski definition) is 0. The van der Waals surface area contributed by atoms with Gasteiger partial charge in [-0.3, -0.25) is 9.48 Å². The Bertz CT molecular complexity index is 709. The Hall–Kier alpha value is -2.37. The van der Waals surface area contributed by atoms with Gasteiger partial charge in [-0.15, -0.1) is 0 Å². The van der Waals surface area contributed by atoms with Crippen LogP contribution < -0.4 is 4.90 Å². The molecule has 2 aromatic rings. The Morgan fingerprint density at radius 2 is 2.17 bits per heavy atom. The molecule has 3 rings (SSSR count). The molecule has 24 heavy (non-hydrogen) atoms. The fourth-order valence-electron chi connectivity index (χ4n) is 3.32. The molecule has 1 aliphatic rings. The molecule has 2 aromatic heterocycles. The molecule has 1 amide bonds. The van der Waals surface area contributed by atoms with E-state index in [4.69, 9.17) is 0 Å². The third-order valence-corrected chi connectivity index (χ3v) is 4.70. The Morgan fingerprint density at radius 1 is 1.33 bits per heavy atom. The molecule has 3 heterocycles. The lowest BCUT2D eigenvalue weighted by Gasteiger charge is -2.26. The number of anilines is 1. The number of rotatable bonds is 5. The number of aryl methyl sites for hydroxylation is 2. The summed E-state index contributed by atoms with van der Waals surface area (Å²) in [6, 6.07) is 6.27. The van der Waals surface area contributed by atoms with Gasteiger partial charge in [-0.1, -0.05) is 0 Å². The summed E-state index contributed by atoms with van der Waals surface area (Å²) in [7, 11) is 5.88. The van der Waals surface area contributed by atoms with Crippen LogP contribution in [-0.4, -0.2) is 46.2 Å². The molecule has 1 unspecified atom stereocenters. The summed E-state index contributed by atoms with van der Waals surface area (Å²) in [5.41, 5.74) is 2.28. The van der Waals surface area contributed by atoms with Gasteiger partial charge >= 0.3 is 0 Å². The number of likely N-dealkylation sites (tertiary alicyclic amines) is 1. The van der Waals surface area contributed by atoms with E-state index >= 15 is 0 Å². The molecule has 6 nitrogen and oxygen atoms in total. The molecule has 0 aromatic carbocycles. The number of carbonyl (C=O) groups excluding carboxylic acids is 1. The van der Waals surface area contributed by atoms with Crippen molar-refractivity contribution in [1.82, 2.24) is 19.7 Å². The lowest BCUT2D eigenvalue weighted by Crippen LogP contribution is -2.31. The van der Waals surface area contributed by atoms with Crippen molar-refractivity contribution in [2.75, 3.05) is 25.5 Å².